The van der Waals surface area contributed by atoms with Crippen LogP contribution in [0, 0.1) is 0 Å². The molecule has 0 aliphatic rings. The summed E-state index contributed by atoms with van der Waals surface area (Å²) in [5, 5.41) is 3.89. The lowest BCUT2D eigenvalue weighted by molar-refractivity contribution is -0.143. The number of halogens is 6. The lowest BCUT2D eigenvalue weighted by Crippen LogP contribution is -2.46. The van der Waals surface area contributed by atoms with E-state index in [4.69, 9.17) is 5.73 Å². The molecular formula is C22H16F6N2O2. The summed E-state index contributed by atoms with van der Waals surface area (Å²) in [5.41, 5.74) is 1.73. The van der Waals surface area contributed by atoms with E-state index in [1.807, 2.05) is 18.2 Å². The molecule has 0 heterocycles. The second-order valence-corrected chi connectivity index (χ2v) is 7.11. The number of carbonyl (C=O) groups is 2. The van der Waals surface area contributed by atoms with E-state index in [9.17, 15) is 35.9 Å². The Morgan fingerprint density at radius 3 is 1.91 bits per heavy atom. The van der Waals surface area contributed by atoms with Gasteiger partial charge in [-0.1, -0.05) is 42.5 Å². The van der Waals surface area contributed by atoms with Crippen LogP contribution in [0.2, 0.25) is 0 Å². The van der Waals surface area contributed by atoms with E-state index in [2.05, 4.69) is 5.32 Å². The number of alkyl halides is 6. The molecule has 1 atom stereocenters. The molecule has 0 fully saturated rings. The lowest BCUT2D eigenvalue weighted by atomic mass is 10.0. The molecule has 0 aliphatic heterocycles. The first-order valence-corrected chi connectivity index (χ1v) is 9.22. The van der Waals surface area contributed by atoms with Gasteiger partial charge in [-0.2, -0.15) is 26.3 Å². The molecule has 10 heteroatoms. The number of rotatable bonds is 5. The fraction of sp³-hybridized carbons (Fsp3) is 0.182. The molecule has 3 aromatic rings. The van der Waals surface area contributed by atoms with Crippen LogP contribution in [-0.2, 0) is 23.6 Å². The number of nitrogens with two attached hydrogens (primary N) is 1. The number of fused-ring (bicyclic) bond motifs is 1. The van der Waals surface area contributed by atoms with E-state index < -0.39 is 46.9 Å². The van der Waals surface area contributed by atoms with Gasteiger partial charge >= 0.3 is 12.4 Å². The summed E-state index contributed by atoms with van der Waals surface area (Å²) in [4.78, 5) is 24.3. The molecular weight excluding hydrogens is 438 g/mol. The molecule has 0 saturated carbocycles. The Hall–Kier alpha value is -3.56. The highest BCUT2D eigenvalue weighted by Crippen LogP contribution is 2.36. The fourth-order valence-corrected chi connectivity index (χ4v) is 3.15. The van der Waals surface area contributed by atoms with Crippen LogP contribution in [0.1, 0.15) is 27.0 Å². The molecule has 3 aromatic carbocycles. The first-order valence-electron chi connectivity index (χ1n) is 9.22. The highest BCUT2D eigenvalue weighted by molar-refractivity contribution is 5.97. The molecule has 0 spiro atoms. The van der Waals surface area contributed by atoms with Crippen molar-refractivity contribution in [3.63, 3.8) is 0 Å². The van der Waals surface area contributed by atoms with Crippen molar-refractivity contribution < 1.29 is 35.9 Å². The zero-order chi connectivity index (χ0) is 23.7. The van der Waals surface area contributed by atoms with Gasteiger partial charge in [0.05, 0.1) is 11.1 Å². The van der Waals surface area contributed by atoms with Crippen LogP contribution in [0.5, 0.6) is 0 Å². The SMILES string of the molecule is NC(=O)[C@H](Cc1ccc2ccccc2c1)NC(=O)c1cc(C(F)(F)F)cc(C(F)(F)F)c1. The summed E-state index contributed by atoms with van der Waals surface area (Å²) in [5.74, 6) is -2.28. The first-order chi connectivity index (χ1) is 14.8. The van der Waals surface area contributed by atoms with Crippen molar-refractivity contribution >= 4 is 22.6 Å². The summed E-state index contributed by atoms with van der Waals surface area (Å²) in [6, 6.07) is 11.6. The van der Waals surface area contributed by atoms with Crippen molar-refractivity contribution in [2.75, 3.05) is 0 Å². The third-order valence-corrected chi connectivity index (χ3v) is 4.75. The Morgan fingerprint density at radius 1 is 0.812 bits per heavy atom. The summed E-state index contributed by atoms with van der Waals surface area (Å²) in [6.07, 6.45) is -10.3. The summed E-state index contributed by atoms with van der Waals surface area (Å²) < 4.78 is 78.2. The van der Waals surface area contributed by atoms with Gasteiger partial charge < -0.3 is 11.1 Å². The zero-order valence-corrected chi connectivity index (χ0v) is 16.2. The van der Waals surface area contributed by atoms with Crippen LogP contribution < -0.4 is 11.1 Å². The van der Waals surface area contributed by atoms with Gasteiger partial charge in [0.15, 0.2) is 0 Å². The molecule has 0 unspecified atom stereocenters. The van der Waals surface area contributed by atoms with Gasteiger partial charge in [0.25, 0.3) is 5.91 Å². The van der Waals surface area contributed by atoms with Crippen LogP contribution >= 0.6 is 0 Å². The Bertz CT molecular complexity index is 1140. The normalized spacial score (nSPS) is 13.1. The molecule has 0 aromatic heterocycles. The van der Waals surface area contributed by atoms with Gasteiger partial charge in [0.2, 0.25) is 5.91 Å². The van der Waals surface area contributed by atoms with Crippen molar-refractivity contribution in [2.45, 2.75) is 24.8 Å². The minimum atomic E-state index is -5.11. The minimum absolute atomic E-state index is 0.0859. The fourth-order valence-electron chi connectivity index (χ4n) is 3.15. The van der Waals surface area contributed by atoms with E-state index in [1.165, 1.54) is 0 Å². The average Bonchev–Trinajstić information content (AvgIpc) is 2.71. The molecule has 3 rings (SSSR count). The van der Waals surface area contributed by atoms with Crippen molar-refractivity contribution in [2.24, 2.45) is 5.73 Å². The van der Waals surface area contributed by atoms with E-state index in [-0.39, 0.29) is 12.5 Å². The van der Waals surface area contributed by atoms with E-state index >= 15 is 0 Å². The third-order valence-electron chi connectivity index (χ3n) is 4.75. The van der Waals surface area contributed by atoms with Gasteiger partial charge in [0.1, 0.15) is 6.04 Å². The minimum Gasteiger partial charge on any atom is -0.368 e. The lowest BCUT2D eigenvalue weighted by Gasteiger charge is -2.18. The molecule has 168 valence electrons. The molecule has 0 saturated heterocycles. The smallest absolute Gasteiger partial charge is 0.368 e. The standard InChI is InChI=1S/C22H16F6N2O2/c23-21(24,25)16-9-15(10-17(11-16)22(26,27)28)20(32)30-18(19(29)31)8-12-5-6-13-3-1-2-4-14(13)7-12/h1-7,9-11,18H,8H2,(H2,29,31)(H,30,32)/t18-/m0/s1. The monoisotopic (exact) mass is 454 g/mol. The molecule has 4 nitrogen and oxygen atoms in total. The van der Waals surface area contributed by atoms with Crippen molar-refractivity contribution in [3.8, 4) is 0 Å². The largest absolute Gasteiger partial charge is 0.416 e. The molecule has 2 amide bonds. The topological polar surface area (TPSA) is 72.2 Å². The molecule has 0 radical (unpaired) electrons. The summed E-state index contributed by atoms with van der Waals surface area (Å²) in [6.45, 7) is 0. The van der Waals surface area contributed by atoms with Crippen molar-refractivity contribution in [1.82, 2.24) is 5.32 Å². The number of hydrogen-bond acceptors (Lipinski definition) is 2. The van der Waals surface area contributed by atoms with E-state index in [0.29, 0.717) is 17.7 Å². The molecule has 32 heavy (non-hydrogen) atoms. The van der Waals surface area contributed by atoms with Crippen LogP contribution in [0.15, 0.2) is 60.7 Å². The van der Waals surface area contributed by atoms with Crippen LogP contribution in [0.25, 0.3) is 10.8 Å². The Kier molecular flexibility index (Phi) is 6.16. The number of hydrogen-bond donors (Lipinski definition) is 2. The number of primary amides is 1. The number of amides is 2. The highest BCUT2D eigenvalue weighted by atomic mass is 19.4. The highest BCUT2D eigenvalue weighted by Gasteiger charge is 2.37. The van der Waals surface area contributed by atoms with Crippen LogP contribution in [0.3, 0.4) is 0 Å². The van der Waals surface area contributed by atoms with E-state index in [0.717, 1.165) is 10.8 Å². The Morgan fingerprint density at radius 2 is 1.38 bits per heavy atom. The zero-order valence-electron chi connectivity index (χ0n) is 16.2. The Labute approximate surface area is 178 Å². The number of nitrogens with one attached hydrogen (secondary N) is 1. The van der Waals surface area contributed by atoms with Gasteiger partial charge in [-0.05, 0) is 34.5 Å². The summed E-state index contributed by atoms with van der Waals surface area (Å²) >= 11 is 0. The first kappa shape index (κ1) is 23.1. The number of carbonyl (C=O) groups excluding carboxylic acids is 2. The van der Waals surface area contributed by atoms with Gasteiger partial charge in [-0.15, -0.1) is 0 Å². The predicted octanol–water partition coefficient (Wildman–Crippen LogP) is 4.70. The Balaban J connectivity index is 1.89. The molecule has 0 bridgehead atoms. The van der Waals surface area contributed by atoms with Gasteiger partial charge in [-0.3, -0.25) is 9.59 Å². The maximum Gasteiger partial charge on any atom is 0.416 e. The second kappa shape index (κ2) is 8.52. The maximum absolute atomic E-state index is 13.0. The average molecular weight is 454 g/mol. The maximum atomic E-state index is 13.0. The van der Waals surface area contributed by atoms with Crippen LogP contribution in [-0.4, -0.2) is 17.9 Å². The number of benzene rings is 3. The van der Waals surface area contributed by atoms with Crippen molar-refractivity contribution in [3.05, 3.63) is 82.9 Å². The third kappa shape index (κ3) is 5.37. The van der Waals surface area contributed by atoms with E-state index in [1.54, 1.807) is 24.3 Å². The van der Waals surface area contributed by atoms with Gasteiger partial charge in [0, 0.05) is 12.0 Å². The van der Waals surface area contributed by atoms with Gasteiger partial charge in [-0.25, -0.2) is 0 Å². The van der Waals surface area contributed by atoms with Crippen molar-refractivity contribution in [1.29, 1.82) is 0 Å². The summed E-state index contributed by atoms with van der Waals surface area (Å²) in [7, 11) is 0. The second-order valence-electron chi connectivity index (χ2n) is 7.11. The molecule has 3 N–H and O–H groups in total. The molecule has 0 aliphatic carbocycles. The van der Waals surface area contributed by atoms with Crippen LogP contribution in [0.4, 0.5) is 26.3 Å². The quantitative estimate of drug-likeness (QED) is 0.549. The predicted molar refractivity (Wildman–Crippen MR) is 105 cm³/mol.